The SMILES string of the molecule is C1=Cc2sc(Nc3ccccc3)nc2CCC1. The maximum Gasteiger partial charge on any atom is 0.187 e. The summed E-state index contributed by atoms with van der Waals surface area (Å²) in [6, 6.07) is 10.2. The molecule has 0 fully saturated rings. The first-order chi connectivity index (χ1) is 8.42. The van der Waals surface area contributed by atoms with Gasteiger partial charge in [0.15, 0.2) is 5.13 Å². The summed E-state index contributed by atoms with van der Waals surface area (Å²) in [5.74, 6) is 0. The number of hydrogen-bond donors (Lipinski definition) is 1. The molecule has 0 unspecified atom stereocenters. The number of hydrogen-bond acceptors (Lipinski definition) is 3. The van der Waals surface area contributed by atoms with Crippen molar-refractivity contribution in [3.63, 3.8) is 0 Å². The molecule has 1 aromatic heterocycles. The van der Waals surface area contributed by atoms with E-state index < -0.39 is 0 Å². The third-order valence-electron chi connectivity index (χ3n) is 2.81. The molecule has 3 rings (SSSR count). The van der Waals surface area contributed by atoms with E-state index in [9.17, 15) is 0 Å². The van der Waals surface area contributed by atoms with Crippen molar-refractivity contribution in [3.05, 3.63) is 47.0 Å². The Hall–Kier alpha value is -1.61. The van der Waals surface area contributed by atoms with E-state index in [4.69, 9.17) is 0 Å². The number of nitrogens with one attached hydrogen (secondary N) is 1. The molecule has 0 radical (unpaired) electrons. The van der Waals surface area contributed by atoms with E-state index >= 15 is 0 Å². The van der Waals surface area contributed by atoms with Crippen LogP contribution in [0.25, 0.3) is 6.08 Å². The van der Waals surface area contributed by atoms with Crippen LogP contribution < -0.4 is 5.32 Å². The number of nitrogens with zero attached hydrogens (tertiary/aromatic N) is 1. The number of allylic oxidation sites excluding steroid dienone is 1. The molecule has 0 spiro atoms. The van der Waals surface area contributed by atoms with Gasteiger partial charge in [-0.1, -0.05) is 35.6 Å². The fourth-order valence-electron chi connectivity index (χ4n) is 1.95. The number of anilines is 2. The molecule has 2 nitrogen and oxygen atoms in total. The molecule has 3 heteroatoms. The Bertz CT molecular complexity index is 528. The van der Waals surface area contributed by atoms with E-state index in [0.29, 0.717) is 0 Å². The molecular formula is C14H14N2S. The molecule has 0 aliphatic heterocycles. The monoisotopic (exact) mass is 242 g/mol. The number of benzene rings is 1. The average Bonchev–Trinajstić information content (AvgIpc) is 2.60. The molecule has 17 heavy (non-hydrogen) atoms. The molecule has 86 valence electrons. The molecule has 0 amide bonds. The van der Waals surface area contributed by atoms with Crippen molar-refractivity contribution in [1.82, 2.24) is 4.98 Å². The van der Waals surface area contributed by atoms with Crippen LogP contribution in [0.15, 0.2) is 36.4 Å². The minimum atomic E-state index is 0.993. The second-order valence-corrected chi connectivity index (χ2v) is 5.15. The van der Waals surface area contributed by atoms with Gasteiger partial charge in [-0.25, -0.2) is 4.98 Å². The summed E-state index contributed by atoms with van der Waals surface area (Å²) in [5, 5.41) is 4.35. The molecule has 0 atom stereocenters. The lowest BCUT2D eigenvalue weighted by Gasteiger charge is -2.00. The average molecular weight is 242 g/mol. The largest absolute Gasteiger partial charge is 0.332 e. The third-order valence-corrected chi connectivity index (χ3v) is 3.78. The molecule has 2 aromatic rings. The maximum atomic E-state index is 4.66. The van der Waals surface area contributed by atoms with Gasteiger partial charge >= 0.3 is 0 Å². The standard InChI is InChI=1S/C14H14N2S/c1-3-7-11(8-4-1)15-14-16-12-9-5-2-6-10-13(12)17-14/h1,3-4,6-8,10H,2,5,9H2,(H,15,16). The van der Waals surface area contributed by atoms with E-state index in [-0.39, 0.29) is 0 Å². The minimum absolute atomic E-state index is 0.993. The van der Waals surface area contributed by atoms with Crippen LogP contribution in [0.4, 0.5) is 10.8 Å². The minimum Gasteiger partial charge on any atom is -0.332 e. The van der Waals surface area contributed by atoms with Crippen molar-refractivity contribution < 1.29 is 0 Å². The predicted octanol–water partition coefficient (Wildman–Crippen LogP) is 4.24. The number of aromatic nitrogens is 1. The van der Waals surface area contributed by atoms with E-state index in [1.165, 1.54) is 23.4 Å². The summed E-state index contributed by atoms with van der Waals surface area (Å²) in [4.78, 5) is 5.97. The van der Waals surface area contributed by atoms with Crippen LogP contribution >= 0.6 is 11.3 Å². The van der Waals surface area contributed by atoms with Crippen LogP contribution in [0.3, 0.4) is 0 Å². The second kappa shape index (κ2) is 4.72. The molecule has 0 saturated carbocycles. The molecule has 1 N–H and O–H groups in total. The first-order valence-electron chi connectivity index (χ1n) is 5.90. The first-order valence-corrected chi connectivity index (χ1v) is 6.72. The Morgan fingerprint density at radius 3 is 2.94 bits per heavy atom. The van der Waals surface area contributed by atoms with Crippen molar-refractivity contribution in [2.45, 2.75) is 19.3 Å². The van der Waals surface area contributed by atoms with Crippen LogP contribution in [0.2, 0.25) is 0 Å². The van der Waals surface area contributed by atoms with Gasteiger partial charge in [-0.3, -0.25) is 0 Å². The number of thiazole rings is 1. The molecule has 1 aliphatic rings. The number of rotatable bonds is 2. The van der Waals surface area contributed by atoms with E-state index in [2.05, 4.69) is 34.6 Å². The summed E-state index contributed by atoms with van der Waals surface area (Å²) in [6.07, 6.45) is 7.92. The summed E-state index contributed by atoms with van der Waals surface area (Å²) in [7, 11) is 0. The highest BCUT2D eigenvalue weighted by Crippen LogP contribution is 2.29. The van der Waals surface area contributed by atoms with Crippen LogP contribution in [0.1, 0.15) is 23.4 Å². The van der Waals surface area contributed by atoms with E-state index in [1.54, 1.807) is 11.3 Å². The Morgan fingerprint density at radius 2 is 2.06 bits per heavy atom. The van der Waals surface area contributed by atoms with Gasteiger partial charge < -0.3 is 5.32 Å². The number of para-hydroxylation sites is 1. The van der Waals surface area contributed by atoms with Gasteiger partial charge in [0, 0.05) is 5.69 Å². The molecule has 0 saturated heterocycles. The van der Waals surface area contributed by atoms with Crippen molar-refractivity contribution in [1.29, 1.82) is 0 Å². The maximum absolute atomic E-state index is 4.66. The van der Waals surface area contributed by atoms with Gasteiger partial charge in [0.25, 0.3) is 0 Å². The zero-order valence-electron chi connectivity index (χ0n) is 9.52. The van der Waals surface area contributed by atoms with Gasteiger partial charge in [0.05, 0.1) is 10.6 Å². The van der Waals surface area contributed by atoms with E-state index in [0.717, 1.165) is 17.2 Å². The van der Waals surface area contributed by atoms with Gasteiger partial charge in [-0.15, -0.1) is 0 Å². The topological polar surface area (TPSA) is 24.9 Å². The van der Waals surface area contributed by atoms with Crippen LogP contribution in [-0.2, 0) is 6.42 Å². The van der Waals surface area contributed by atoms with Gasteiger partial charge in [-0.2, -0.15) is 0 Å². The number of fused-ring (bicyclic) bond motifs is 1. The Morgan fingerprint density at radius 1 is 1.18 bits per heavy atom. The lowest BCUT2D eigenvalue weighted by atomic mass is 10.2. The summed E-state index contributed by atoms with van der Waals surface area (Å²) in [6.45, 7) is 0. The Kier molecular flexibility index (Phi) is 2.92. The summed E-state index contributed by atoms with van der Waals surface area (Å²) in [5.41, 5.74) is 2.34. The molecule has 0 bridgehead atoms. The Balaban J connectivity index is 1.85. The third kappa shape index (κ3) is 2.39. The fraction of sp³-hybridized carbons (Fsp3) is 0.214. The number of aryl methyl sites for hydroxylation is 1. The zero-order chi connectivity index (χ0) is 11.5. The van der Waals surface area contributed by atoms with Gasteiger partial charge in [0.2, 0.25) is 0 Å². The predicted molar refractivity (Wildman–Crippen MR) is 73.8 cm³/mol. The smallest absolute Gasteiger partial charge is 0.187 e. The fourth-order valence-corrected chi connectivity index (χ4v) is 2.91. The highest BCUT2D eigenvalue weighted by Gasteiger charge is 2.10. The summed E-state index contributed by atoms with van der Waals surface area (Å²) >= 11 is 1.73. The molecule has 1 heterocycles. The zero-order valence-corrected chi connectivity index (χ0v) is 10.3. The highest BCUT2D eigenvalue weighted by molar-refractivity contribution is 7.16. The van der Waals surface area contributed by atoms with Gasteiger partial charge in [-0.05, 0) is 37.5 Å². The highest BCUT2D eigenvalue weighted by atomic mass is 32.1. The summed E-state index contributed by atoms with van der Waals surface area (Å²) < 4.78 is 0. The Labute approximate surface area is 105 Å². The van der Waals surface area contributed by atoms with Crippen molar-refractivity contribution in [2.75, 3.05) is 5.32 Å². The molecular weight excluding hydrogens is 228 g/mol. The van der Waals surface area contributed by atoms with Crippen LogP contribution in [0.5, 0.6) is 0 Å². The van der Waals surface area contributed by atoms with Crippen LogP contribution in [-0.4, -0.2) is 4.98 Å². The van der Waals surface area contributed by atoms with Crippen molar-refractivity contribution >= 4 is 28.2 Å². The quantitative estimate of drug-likeness (QED) is 0.852. The van der Waals surface area contributed by atoms with Crippen molar-refractivity contribution in [2.24, 2.45) is 0 Å². The normalized spacial score (nSPS) is 14.1. The van der Waals surface area contributed by atoms with Crippen molar-refractivity contribution in [3.8, 4) is 0 Å². The van der Waals surface area contributed by atoms with Crippen LogP contribution in [0, 0.1) is 0 Å². The second-order valence-electron chi connectivity index (χ2n) is 4.12. The first kappa shape index (κ1) is 10.5. The van der Waals surface area contributed by atoms with Gasteiger partial charge in [0.1, 0.15) is 0 Å². The lowest BCUT2D eigenvalue weighted by Crippen LogP contribution is -1.90. The molecule has 1 aliphatic carbocycles. The molecule has 1 aromatic carbocycles. The van der Waals surface area contributed by atoms with E-state index in [1.807, 2.05) is 18.2 Å². The lowest BCUT2D eigenvalue weighted by molar-refractivity contribution is 0.832.